The fourth-order valence-corrected chi connectivity index (χ4v) is 2.95. The van der Waals surface area contributed by atoms with E-state index in [9.17, 15) is 14.9 Å². The van der Waals surface area contributed by atoms with Crippen molar-refractivity contribution in [2.45, 2.75) is 25.3 Å². The van der Waals surface area contributed by atoms with Crippen molar-refractivity contribution in [1.82, 2.24) is 30.4 Å². The average Bonchev–Trinajstić information content (AvgIpc) is 3.28. The number of carbonyl (C=O) groups excluding carboxylic acids is 2. The van der Waals surface area contributed by atoms with E-state index >= 15 is 0 Å². The summed E-state index contributed by atoms with van der Waals surface area (Å²) in [7, 11) is 0. The first-order valence-corrected chi connectivity index (χ1v) is 8.24. The number of amides is 3. The zero-order valence-electron chi connectivity index (χ0n) is 14.5. The van der Waals surface area contributed by atoms with E-state index in [0.717, 1.165) is 4.90 Å². The van der Waals surface area contributed by atoms with Crippen LogP contribution in [-0.4, -0.2) is 43.6 Å². The van der Waals surface area contributed by atoms with Gasteiger partial charge in [0.05, 0.1) is 23.7 Å². The molecule has 0 saturated carbocycles. The van der Waals surface area contributed by atoms with Gasteiger partial charge in [0.25, 0.3) is 5.91 Å². The second-order valence-electron chi connectivity index (χ2n) is 6.30. The maximum absolute atomic E-state index is 13.0. The first kappa shape index (κ1) is 18.0. The van der Waals surface area contributed by atoms with Crippen LogP contribution in [0.1, 0.15) is 25.3 Å². The van der Waals surface area contributed by atoms with Gasteiger partial charge in [0.15, 0.2) is 0 Å². The molecule has 1 saturated heterocycles. The van der Waals surface area contributed by atoms with Crippen LogP contribution in [0, 0.1) is 28.6 Å². The minimum Gasteiger partial charge on any atom is -0.319 e. The highest BCUT2D eigenvalue weighted by atomic mass is 16.2. The number of hydrogen-bond donors (Lipinski definition) is 1. The number of nitrogens with one attached hydrogen (secondary N) is 1. The second kappa shape index (κ2) is 7.22. The summed E-state index contributed by atoms with van der Waals surface area (Å²) in [4.78, 5) is 26.4. The number of hydrogen-bond acceptors (Lipinski definition) is 7. The lowest BCUT2D eigenvalue weighted by Gasteiger charge is -2.23. The number of aromatic nitrogens is 4. The van der Waals surface area contributed by atoms with Gasteiger partial charge in [-0.2, -0.15) is 10.5 Å². The molecule has 1 N–H and O–H groups in total. The third-order valence-electron chi connectivity index (χ3n) is 4.50. The Bertz CT molecular complexity index is 943. The van der Waals surface area contributed by atoms with Gasteiger partial charge >= 0.3 is 6.03 Å². The maximum Gasteiger partial charge on any atom is 0.325 e. The molecule has 1 aliphatic heterocycles. The predicted molar refractivity (Wildman–Crippen MR) is 90.7 cm³/mol. The van der Waals surface area contributed by atoms with Crippen molar-refractivity contribution in [3.8, 4) is 17.8 Å². The van der Waals surface area contributed by atoms with Crippen LogP contribution in [0.25, 0.3) is 5.69 Å². The fraction of sp³-hybridized carbons (Fsp3) is 0.353. The summed E-state index contributed by atoms with van der Waals surface area (Å²) < 4.78 is 1.44. The van der Waals surface area contributed by atoms with E-state index in [1.54, 1.807) is 31.2 Å². The highest BCUT2D eigenvalue weighted by molar-refractivity contribution is 6.07. The smallest absolute Gasteiger partial charge is 0.319 e. The van der Waals surface area contributed by atoms with E-state index in [1.807, 2.05) is 12.1 Å². The molecule has 3 rings (SSSR count). The molecule has 0 radical (unpaired) electrons. The van der Waals surface area contributed by atoms with E-state index < -0.39 is 23.4 Å². The van der Waals surface area contributed by atoms with E-state index in [1.165, 1.54) is 11.0 Å². The first-order chi connectivity index (χ1) is 13.0. The van der Waals surface area contributed by atoms with Crippen LogP contribution < -0.4 is 5.32 Å². The molecule has 10 heteroatoms. The van der Waals surface area contributed by atoms with Gasteiger partial charge in [-0.3, -0.25) is 9.69 Å². The summed E-state index contributed by atoms with van der Waals surface area (Å²) in [6, 6.07) is 10.4. The Morgan fingerprint density at radius 3 is 2.81 bits per heavy atom. The standard InChI is InChI=1S/C17H16N8O2/c1-17(13-5-2-6-14(8-13)25-11-20-22-23-25)15(26)24(16(27)21-17)10-12(9-19)4-3-7-18/h2,5-6,8,11-12H,3-4,10H2,1H3,(H,21,27)/t12-,17+/m1/s1. The Morgan fingerprint density at radius 2 is 2.15 bits per heavy atom. The lowest BCUT2D eigenvalue weighted by Crippen LogP contribution is -2.41. The number of imide groups is 1. The van der Waals surface area contributed by atoms with Crippen molar-refractivity contribution in [3.05, 3.63) is 36.2 Å². The van der Waals surface area contributed by atoms with Gasteiger partial charge in [-0.05, 0) is 41.5 Å². The van der Waals surface area contributed by atoms with Gasteiger partial charge in [-0.1, -0.05) is 12.1 Å². The van der Waals surface area contributed by atoms with Crippen LogP contribution in [0.15, 0.2) is 30.6 Å². The van der Waals surface area contributed by atoms with Crippen LogP contribution in [0.2, 0.25) is 0 Å². The number of urea groups is 1. The lowest BCUT2D eigenvalue weighted by atomic mass is 9.91. The fourth-order valence-electron chi connectivity index (χ4n) is 2.95. The third kappa shape index (κ3) is 3.33. The van der Waals surface area contributed by atoms with Crippen LogP contribution >= 0.6 is 0 Å². The van der Waals surface area contributed by atoms with Crippen LogP contribution in [-0.2, 0) is 10.3 Å². The molecule has 1 fully saturated rings. The largest absolute Gasteiger partial charge is 0.325 e. The van der Waals surface area contributed by atoms with Crippen LogP contribution in [0.3, 0.4) is 0 Å². The maximum atomic E-state index is 13.0. The SMILES string of the molecule is C[C@@]1(c2cccc(-n3cnnn3)c2)NC(=O)N(C[C@@H](C#N)CCC#N)C1=O. The van der Waals surface area contributed by atoms with Crippen molar-refractivity contribution < 1.29 is 9.59 Å². The number of nitriles is 2. The topological polar surface area (TPSA) is 141 Å². The minimum atomic E-state index is -1.27. The van der Waals surface area contributed by atoms with Gasteiger partial charge in [0, 0.05) is 13.0 Å². The number of carbonyl (C=O) groups is 2. The number of rotatable bonds is 6. The Kier molecular flexibility index (Phi) is 4.81. The molecule has 1 aromatic heterocycles. The highest BCUT2D eigenvalue weighted by Crippen LogP contribution is 2.30. The first-order valence-electron chi connectivity index (χ1n) is 8.24. The molecule has 1 aliphatic rings. The highest BCUT2D eigenvalue weighted by Gasteiger charge is 2.49. The van der Waals surface area contributed by atoms with Crippen LogP contribution in [0.4, 0.5) is 4.79 Å². The van der Waals surface area contributed by atoms with Crippen molar-refractivity contribution in [1.29, 1.82) is 10.5 Å². The molecule has 2 atom stereocenters. The van der Waals surface area contributed by atoms with Gasteiger partial charge in [0.2, 0.25) is 0 Å². The van der Waals surface area contributed by atoms with Gasteiger partial charge in [0.1, 0.15) is 11.9 Å². The van der Waals surface area contributed by atoms with Crippen molar-refractivity contribution in [2.24, 2.45) is 5.92 Å². The number of benzene rings is 1. The molecule has 2 aromatic rings. The Morgan fingerprint density at radius 1 is 1.33 bits per heavy atom. The third-order valence-corrected chi connectivity index (χ3v) is 4.50. The van der Waals surface area contributed by atoms with E-state index in [-0.39, 0.29) is 13.0 Å². The monoisotopic (exact) mass is 364 g/mol. The molecular formula is C17H16N8O2. The Labute approximate surface area is 155 Å². The second-order valence-corrected chi connectivity index (χ2v) is 6.30. The minimum absolute atomic E-state index is 0.0505. The lowest BCUT2D eigenvalue weighted by molar-refractivity contribution is -0.131. The quantitative estimate of drug-likeness (QED) is 0.750. The zero-order valence-corrected chi connectivity index (χ0v) is 14.5. The zero-order chi connectivity index (χ0) is 19.4. The van der Waals surface area contributed by atoms with Crippen molar-refractivity contribution in [3.63, 3.8) is 0 Å². The molecule has 2 heterocycles. The Hall–Kier alpha value is -3.79. The predicted octanol–water partition coefficient (Wildman–Crippen LogP) is 0.873. The summed E-state index contributed by atoms with van der Waals surface area (Å²) >= 11 is 0. The summed E-state index contributed by atoms with van der Waals surface area (Å²) in [6.07, 6.45) is 1.91. The molecule has 27 heavy (non-hydrogen) atoms. The molecule has 1 aromatic carbocycles. The molecule has 3 amide bonds. The van der Waals surface area contributed by atoms with Crippen molar-refractivity contribution in [2.75, 3.05) is 6.54 Å². The van der Waals surface area contributed by atoms with E-state index in [4.69, 9.17) is 5.26 Å². The normalized spacial score (nSPS) is 20.0. The van der Waals surface area contributed by atoms with Gasteiger partial charge in [-0.25, -0.2) is 9.48 Å². The van der Waals surface area contributed by atoms with E-state index in [2.05, 4.69) is 20.8 Å². The molecule has 0 aliphatic carbocycles. The molecule has 0 bridgehead atoms. The summed E-state index contributed by atoms with van der Waals surface area (Å²) in [6.45, 7) is 1.56. The van der Waals surface area contributed by atoms with Crippen molar-refractivity contribution >= 4 is 11.9 Å². The number of tetrazole rings is 1. The van der Waals surface area contributed by atoms with Gasteiger partial charge < -0.3 is 5.32 Å². The molecule has 136 valence electrons. The van der Waals surface area contributed by atoms with Crippen LogP contribution in [0.5, 0.6) is 0 Å². The van der Waals surface area contributed by atoms with Gasteiger partial charge in [-0.15, -0.1) is 5.10 Å². The summed E-state index contributed by atoms with van der Waals surface area (Å²) in [5.74, 6) is -1.03. The molecule has 0 unspecified atom stereocenters. The number of nitrogens with zero attached hydrogens (tertiary/aromatic N) is 7. The molecular weight excluding hydrogens is 348 g/mol. The summed E-state index contributed by atoms with van der Waals surface area (Å²) in [5, 5.41) is 31.6. The van der Waals surface area contributed by atoms with E-state index in [0.29, 0.717) is 17.7 Å². The molecule has 10 nitrogen and oxygen atoms in total. The summed E-state index contributed by atoms with van der Waals surface area (Å²) in [5.41, 5.74) is -0.0545. The molecule has 0 spiro atoms. The Balaban J connectivity index is 1.86. The average molecular weight is 364 g/mol.